The summed E-state index contributed by atoms with van der Waals surface area (Å²) < 4.78 is 25.1. The van der Waals surface area contributed by atoms with Gasteiger partial charge in [0.15, 0.2) is 6.10 Å². The minimum atomic E-state index is -2.61. The van der Waals surface area contributed by atoms with Gasteiger partial charge in [-0.1, -0.05) is 28.1 Å². The molecular formula is C12H13BrF2O3. The molecule has 0 bridgehead atoms. The SMILES string of the molecule is O=C(O)C(O)c1ccc(C(F)F)cc1CCCBr. The molecule has 0 radical (unpaired) electrons. The van der Waals surface area contributed by atoms with E-state index in [0.29, 0.717) is 23.7 Å². The van der Waals surface area contributed by atoms with Crippen molar-refractivity contribution in [2.45, 2.75) is 25.4 Å². The van der Waals surface area contributed by atoms with Crippen LogP contribution in [0.5, 0.6) is 0 Å². The fourth-order valence-electron chi connectivity index (χ4n) is 1.63. The Morgan fingerprint density at radius 2 is 2.06 bits per heavy atom. The first-order chi connectivity index (χ1) is 8.47. The van der Waals surface area contributed by atoms with Crippen molar-refractivity contribution in [1.29, 1.82) is 0 Å². The van der Waals surface area contributed by atoms with Crippen LogP contribution in [0.3, 0.4) is 0 Å². The number of benzene rings is 1. The summed E-state index contributed by atoms with van der Waals surface area (Å²) in [6, 6.07) is 3.66. The zero-order chi connectivity index (χ0) is 13.7. The summed E-state index contributed by atoms with van der Waals surface area (Å²) in [5.41, 5.74) is 0.455. The topological polar surface area (TPSA) is 57.5 Å². The standard InChI is InChI=1S/C12H13BrF2O3/c13-5-1-2-7-6-8(11(14)15)3-4-9(7)10(16)12(17)18/h3-4,6,10-11,16H,1-2,5H2,(H,17,18). The van der Waals surface area contributed by atoms with Crippen molar-refractivity contribution in [3.05, 3.63) is 34.9 Å². The molecular weight excluding hydrogens is 310 g/mol. The number of carboxylic acids is 1. The molecule has 2 N–H and O–H groups in total. The highest BCUT2D eigenvalue weighted by Crippen LogP contribution is 2.26. The monoisotopic (exact) mass is 322 g/mol. The maximum Gasteiger partial charge on any atom is 0.337 e. The van der Waals surface area contributed by atoms with Crippen molar-refractivity contribution in [1.82, 2.24) is 0 Å². The zero-order valence-electron chi connectivity index (χ0n) is 9.44. The Morgan fingerprint density at radius 3 is 2.56 bits per heavy atom. The van der Waals surface area contributed by atoms with Crippen molar-refractivity contribution >= 4 is 21.9 Å². The van der Waals surface area contributed by atoms with Gasteiger partial charge >= 0.3 is 5.97 Å². The molecule has 1 aromatic rings. The number of alkyl halides is 3. The normalized spacial score (nSPS) is 12.7. The molecule has 0 spiro atoms. The number of carboxylic acid groups (broad SMARTS) is 1. The number of hydrogen-bond donors (Lipinski definition) is 2. The Balaban J connectivity index is 3.11. The molecule has 100 valence electrons. The number of carbonyl (C=O) groups is 1. The Bertz CT molecular complexity index is 424. The zero-order valence-corrected chi connectivity index (χ0v) is 11.0. The number of aliphatic hydroxyl groups is 1. The number of aryl methyl sites for hydroxylation is 1. The van der Waals surface area contributed by atoms with Gasteiger partial charge < -0.3 is 10.2 Å². The average molecular weight is 323 g/mol. The lowest BCUT2D eigenvalue weighted by atomic mass is 9.96. The fraction of sp³-hybridized carbons (Fsp3) is 0.417. The van der Waals surface area contributed by atoms with E-state index < -0.39 is 18.5 Å². The Kier molecular flexibility index (Phi) is 5.68. The number of rotatable bonds is 6. The van der Waals surface area contributed by atoms with Crippen LogP contribution in [0.1, 0.15) is 35.6 Å². The molecule has 1 rings (SSSR count). The van der Waals surface area contributed by atoms with Gasteiger partial charge in [-0.15, -0.1) is 0 Å². The fourth-order valence-corrected chi connectivity index (χ4v) is 1.92. The predicted molar refractivity (Wildman–Crippen MR) is 66.1 cm³/mol. The van der Waals surface area contributed by atoms with Gasteiger partial charge in [-0.05, 0) is 30.0 Å². The lowest BCUT2D eigenvalue weighted by Gasteiger charge is -2.13. The highest BCUT2D eigenvalue weighted by molar-refractivity contribution is 9.09. The molecule has 0 saturated heterocycles. The van der Waals surface area contributed by atoms with Gasteiger partial charge in [-0.25, -0.2) is 13.6 Å². The number of aliphatic hydroxyl groups excluding tert-OH is 1. The second-order valence-electron chi connectivity index (χ2n) is 3.79. The predicted octanol–water partition coefficient (Wildman–Crippen LogP) is 3.07. The summed E-state index contributed by atoms with van der Waals surface area (Å²) in [5, 5.41) is 18.9. The summed E-state index contributed by atoms with van der Waals surface area (Å²) in [6.45, 7) is 0. The number of aliphatic carboxylic acids is 1. The summed E-state index contributed by atoms with van der Waals surface area (Å²) >= 11 is 3.22. The van der Waals surface area contributed by atoms with Crippen LogP contribution in [-0.4, -0.2) is 21.5 Å². The van der Waals surface area contributed by atoms with Crippen LogP contribution in [0.2, 0.25) is 0 Å². The Morgan fingerprint density at radius 1 is 1.39 bits per heavy atom. The molecule has 0 aliphatic rings. The summed E-state index contributed by atoms with van der Waals surface area (Å²) in [4.78, 5) is 10.7. The third-order valence-corrected chi connectivity index (χ3v) is 3.09. The molecule has 1 aromatic carbocycles. The highest BCUT2D eigenvalue weighted by atomic mass is 79.9. The second kappa shape index (κ2) is 6.80. The lowest BCUT2D eigenvalue weighted by molar-refractivity contribution is -0.147. The largest absolute Gasteiger partial charge is 0.479 e. The van der Waals surface area contributed by atoms with Gasteiger partial charge in [0.05, 0.1) is 0 Å². The van der Waals surface area contributed by atoms with E-state index >= 15 is 0 Å². The summed E-state index contributed by atoms with van der Waals surface area (Å²) in [7, 11) is 0. The second-order valence-corrected chi connectivity index (χ2v) is 4.59. The quantitative estimate of drug-likeness (QED) is 0.791. The molecule has 0 saturated carbocycles. The first kappa shape index (κ1) is 15.0. The molecule has 18 heavy (non-hydrogen) atoms. The highest BCUT2D eigenvalue weighted by Gasteiger charge is 2.20. The van der Waals surface area contributed by atoms with Gasteiger partial charge in [0.1, 0.15) is 0 Å². The van der Waals surface area contributed by atoms with E-state index in [2.05, 4.69) is 15.9 Å². The van der Waals surface area contributed by atoms with Crippen LogP contribution in [0.25, 0.3) is 0 Å². The van der Waals surface area contributed by atoms with E-state index in [4.69, 9.17) is 5.11 Å². The van der Waals surface area contributed by atoms with Crippen LogP contribution in [0.15, 0.2) is 18.2 Å². The van der Waals surface area contributed by atoms with E-state index in [1.807, 2.05) is 0 Å². The Hall–Kier alpha value is -1.01. The van der Waals surface area contributed by atoms with E-state index in [1.54, 1.807) is 0 Å². The van der Waals surface area contributed by atoms with Gasteiger partial charge in [0.2, 0.25) is 0 Å². The van der Waals surface area contributed by atoms with Gasteiger partial charge in [0, 0.05) is 10.9 Å². The molecule has 0 aliphatic carbocycles. The van der Waals surface area contributed by atoms with Gasteiger partial charge in [-0.2, -0.15) is 0 Å². The first-order valence-corrected chi connectivity index (χ1v) is 6.47. The van der Waals surface area contributed by atoms with Crippen LogP contribution in [0, 0.1) is 0 Å². The lowest BCUT2D eigenvalue weighted by Crippen LogP contribution is -2.13. The molecule has 0 heterocycles. The molecule has 1 unspecified atom stereocenters. The van der Waals surface area contributed by atoms with Crippen molar-refractivity contribution in [3.63, 3.8) is 0 Å². The number of hydrogen-bond acceptors (Lipinski definition) is 2. The minimum absolute atomic E-state index is 0.166. The van der Waals surface area contributed by atoms with Crippen LogP contribution < -0.4 is 0 Å². The molecule has 0 amide bonds. The molecule has 0 fully saturated rings. The van der Waals surface area contributed by atoms with Crippen molar-refractivity contribution in [3.8, 4) is 0 Å². The van der Waals surface area contributed by atoms with E-state index in [-0.39, 0.29) is 11.1 Å². The summed E-state index contributed by atoms with van der Waals surface area (Å²) in [6.07, 6.45) is -3.18. The van der Waals surface area contributed by atoms with E-state index in [1.165, 1.54) is 12.1 Å². The van der Waals surface area contributed by atoms with Gasteiger partial charge in [-0.3, -0.25) is 0 Å². The van der Waals surface area contributed by atoms with E-state index in [9.17, 15) is 18.7 Å². The first-order valence-electron chi connectivity index (χ1n) is 5.35. The molecule has 0 aromatic heterocycles. The van der Waals surface area contributed by atoms with Crippen LogP contribution in [0.4, 0.5) is 8.78 Å². The third kappa shape index (κ3) is 3.74. The summed E-state index contributed by atoms with van der Waals surface area (Å²) in [5.74, 6) is -1.39. The average Bonchev–Trinajstić information content (AvgIpc) is 2.34. The Labute approximate surface area is 112 Å². The maximum atomic E-state index is 12.6. The van der Waals surface area contributed by atoms with Crippen LogP contribution in [-0.2, 0) is 11.2 Å². The van der Waals surface area contributed by atoms with Crippen molar-refractivity contribution in [2.75, 3.05) is 5.33 Å². The van der Waals surface area contributed by atoms with E-state index in [0.717, 1.165) is 6.07 Å². The van der Waals surface area contributed by atoms with Crippen molar-refractivity contribution in [2.24, 2.45) is 0 Å². The maximum absolute atomic E-state index is 12.6. The third-order valence-electron chi connectivity index (χ3n) is 2.53. The molecule has 6 heteroatoms. The minimum Gasteiger partial charge on any atom is -0.479 e. The number of halogens is 3. The molecule has 0 aliphatic heterocycles. The van der Waals surface area contributed by atoms with Crippen LogP contribution >= 0.6 is 15.9 Å². The molecule has 3 nitrogen and oxygen atoms in total. The van der Waals surface area contributed by atoms with Gasteiger partial charge in [0.25, 0.3) is 6.43 Å². The van der Waals surface area contributed by atoms with Crippen molar-refractivity contribution < 1.29 is 23.8 Å². The smallest absolute Gasteiger partial charge is 0.337 e. The molecule has 1 atom stereocenters.